The van der Waals surface area contributed by atoms with Crippen LogP contribution < -0.4 is 5.73 Å². The number of hydrogen-bond donors (Lipinski definition) is 1. The average Bonchev–Trinajstić information content (AvgIpc) is 2.04. The summed E-state index contributed by atoms with van der Waals surface area (Å²) in [6.45, 7) is 6.74. The van der Waals surface area contributed by atoms with Crippen LogP contribution in [0.2, 0.25) is 0 Å². The van der Waals surface area contributed by atoms with Crippen LogP contribution in [-0.4, -0.2) is 6.04 Å². The maximum absolute atomic E-state index is 5.70. The van der Waals surface area contributed by atoms with E-state index in [1.165, 1.54) is 44.9 Å². The van der Waals surface area contributed by atoms with Gasteiger partial charge in [0.2, 0.25) is 0 Å². The van der Waals surface area contributed by atoms with Crippen molar-refractivity contribution in [3.8, 4) is 0 Å². The summed E-state index contributed by atoms with van der Waals surface area (Å²) in [6.07, 6.45) is 9.43. The smallest absolute Gasteiger partial charge is 0.00104 e. The quantitative estimate of drug-likeness (QED) is 0.573. The van der Waals surface area contributed by atoms with Crippen molar-refractivity contribution in [3.63, 3.8) is 0 Å². The van der Waals surface area contributed by atoms with Crippen LogP contribution in [0.4, 0.5) is 0 Å². The van der Waals surface area contributed by atoms with E-state index in [4.69, 9.17) is 5.73 Å². The van der Waals surface area contributed by atoms with E-state index < -0.39 is 0 Å². The number of rotatable bonds is 8. The molecule has 1 nitrogen and oxygen atoms in total. The van der Waals surface area contributed by atoms with Gasteiger partial charge in [-0.05, 0) is 19.3 Å². The summed E-state index contributed by atoms with van der Waals surface area (Å²) in [7, 11) is 0. The third-order valence-electron chi connectivity index (χ3n) is 2.66. The lowest BCUT2D eigenvalue weighted by Gasteiger charge is -2.11. The molecule has 0 spiro atoms. The highest BCUT2D eigenvalue weighted by atomic mass is 14.6. The predicted octanol–water partition coefficient (Wildman–Crippen LogP) is 3.72. The Hall–Kier alpha value is -0.0400. The van der Waals surface area contributed by atoms with E-state index in [0.717, 1.165) is 5.92 Å². The van der Waals surface area contributed by atoms with Gasteiger partial charge in [-0.25, -0.2) is 0 Å². The van der Waals surface area contributed by atoms with Crippen molar-refractivity contribution in [1.82, 2.24) is 0 Å². The highest BCUT2D eigenvalue weighted by Crippen LogP contribution is 2.16. The Balaban J connectivity index is 3.15. The first-order chi connectivity index (χ1) is 6.16. The SMILES string of the molecule is CCCCCC(C)CCCC(C)N. The molecule has 80 valence electrons. The molecule has 13 heavy (non-hydrogen) atoms. The van der Waals surface area contributed by atoms with Crippen LogP contribution in [0, 0.1) is 5.92 Å². The molecule has 0 saturated carbocycles. The second-order valence-corrected chi connectivity index (χ2v) is 4.51. The molecule has 0 aliphatic heterocycles. The van der Waals surface area contributed by atoms with Crippen molar-refractivity contribution < 1.29 is 0 Å². The summed E-state index contributed by atoms with van der Waals surface area (Å²) in [5.41, 5.74) is 5.70. The topological polar surface area (TPSA) is 26.0 Å². The first-order valence-electron chi connectivity index (χ1n) is 5.92. The molecule has 0 bridgehead atoms. The van der Waals surface area contributed by atoms with E-state index in [-0.39, 0.29) is 0 Å². The highest BCUT2D eigenvalue weighted by molar-refractivity contribution is 4.58. The van der Waals surface area contributed by atoms with Crippen LogP contribution in [0.15, 0.2) is 0 Å². The molecule has 0 saturated heterocycles. The lowest BCUT2D eigenvalue weighted by Crippen LogP contribution is -2.14. The summed E-state index contributed by atoms with van der Waals surface area (Å²) in [6, 6.07) is 0.392. The van der Waals surface area contributed by atoms with Gasteiger partial charge in [0.25, 0.3) is 0 Å². The van der Waals surface area contributed by atoms with E-state index in [2.05, 4.69) is 20.8 Å². The minimum absolute atomic E-state index is 0.392. The number of unbranched alkanes of at least 4 members (excludes halogenated alkanes) is 2. The molecule has 2 N–H and O–H groups in total. The Morgan fingerprint density at radius 3 is 2.08 bits per heavy atom. The van der Waals surface area contributed by atoms with E-state index in [0.29, 0.717) is 6.04 Å². The molecule has 0 aliphatic carbocycles. The maximum Gasteiger partial charge on any atom is 0.00104 e. The molecule has 0 rings (SSSR count). The lowest BCUT2D eigenvalue weighted by molar-refractivity contribution is 0.434. The van der Waals surface area contributed by atoms with E-state index in [1.54, 1.807) is 0 Å². The Morgan fingerprint density at radius 1 is 0.923 bits per heavy atom. The molecular weight excluding hydrogens is 158 g/mol. The van der Waals surface area contributed by atoms with E-state index >= 15 is 0 Å². The molecule has 1 heteroatoms. The standard InChI is InChI=1S/C12H27N/c1-4-5-6-8-11(2)9-7-10-12(3)13/h11-12H,4-10,13H2,1-3H3. The second kappa shape index (κ2) is 8.55. The Bertz CT molecular complexity index is 99.3. The zero-order valence-corrected chi connectivity index (χ0v) is 9.68. The first-order valence-corrected chi connectivity index (χ1v) is 5.92. The second-order valence-electron chi connectivity index (χ2n) is 4.51. The van der Waals surface area contributed by atoms with Gasteiger partial charge in [-0.2, -0.15) is 0 Å². The maximum atomic E-state index is 5.70. The van der Waals surface area contributed by atoms with Crippen LogP contribution in [-0.2, 0) is 0 Å². The van der Waals surface area contributed by atoms with Crippen molar-refractivity contribution in [3.05, 3.63) is 0 Å². The summed E-state index contributed by atoms with van der Waals surface area (Å²) >= 11 is 0. The Labute approximate surface area is 84.1 Å². The molecule has 0 aromatic heterocycles. The summed E-state index contributed by atoms with van der Waals surface area (Å²) in [4.78, 5) is 0. The van der Waals surface area contributed by atoms with Crippen LogP contribution in [0.1, 0.15) is 65.7 Å². The van der Waals surface area contributed by atoms with Gasteiger partial charge in [0, 0.05) is 6.04 Å². The van der Waals surface area contributed by atoms with Gasteiger partial charge in [0.05, 0.1) is 0 Å². The normalized spacial score (nSPS) is 15.7. The fourth-order valence-corrected chi connectivity index (χ4v) is 1.68. The molecule has 0 radical (unpaired) electrons. The molecule has 0 fully saturated rings. The van der Waals surface area contributed by atoms with Gasteiger partial charge in [0.15, 0.2) is 0 Å². The van der Waals surface area contributed by atoms with E-state index in [1.807, 2.05) is 0 Å². The van der Waals surface area contributed by atoms with Crippen molar-refractivity contribution in [2.45, 2.75) is 71.8 Å². The van der Waals surface area contributed by atoms with Crippen molar-refractivity contribution >= 4 is 0 Å². The molecule has 0 heterocycles. The van der Waals surface area contributed by atoms with E-state index in [9.17, 15) is 0 Å². The van der Waals surface area contributed by atoms with Gasteiger partial charge < -0.3 is 5.73 Å². The van der Waals surface area contributed by atoms with Gasteiger partial charge in [-0.1, -0.05) is 52.4 Å². The van der Waals surface area contributed by atoms with Gasteiger partial charge in [0.1, 0.15) is 0 Å². The summed E-state index contributed by atoms with van der Waals surface area (Å²) in [5.74, 6) is 0.908. The molecule has 0 aromatic carbocycles. The Morgan fingerprint density at radius 2 is 1.54 bits per heavy atom. The third-order valence-corrected chi connectivity index (χ3v) is 2.66. The highest BCUT2D eigenvalue weighted by Gasteiger charge is 2.02. The van der Waals surface area contributed by atoms with Crippen molar-refractivity contribution in [2.24, 2.45) is 11.7 Å². The minimum Gasteiger partial charge on any atom is -0.328 e. The largest absolute Gasteiger partial charge is 0.328 e. The number of hydrogen-bond acceptors (Lipinski definition) is 1. The third kappa shape index (κ3) is 9.88. The average molecular weight is 185 g/mol. The lowest BCUT2D eigenvalue weighted by atomic mass is 9.96. The Kier molecular flexibility index (Phi) is 8.53. The minimum atomic E-state index is 0.392. The summed E-state index contributed by atoms with van der Waals surface area (Å²) in [5, 5.41) is 0. The van der Waals surface area contributed by atoms with Crippen LogP contribution in [0.3, 0.4) is 0 Å². The molecule has 2 unspecified atom stereocenters. The van der Waals surface area contributed by atoms with Gasteiger partial charge in [-0.3, -0.25) is 0 Å². The molecule has 0 aliphatic rings. The molecule has 0 aromatic rings. The zero-order valence-electron chi connectivity index (χ0n) is 9.68. The molecule has 0 amide bonds. The molecule has 2 atom stereocenters. The first kappa shape index (κ1) is 13.0. The van der Waals surface area contributed by atoms with Gasteiger partial charge >= 0.3 is 0 Å². The predicted molar refractivity (Wildman–Crippen MR) is 60.8 cm³/mol. The van der Waals surface area contributed by atoms with Crippen molar-refractivity contribution in [2.75, 3.05) is 0 Å². The zero-order chi connectivity index (χ0) is 10.1. The van der Waals surface area contributed by atoms with Crippen LogP contribution >= 0.6 is 0 Å². The fourth-order valence-electron chi connectivity index (χ4n) is 1.68. The monoisotopic (exact) mass is 185 g/mol. The summed E-state index contributed by atoms with van der Waals surface area (Å²) < 4.78 is 0. The number of nitrogens with two attached hydrogens (primary N) is 1. The van der Waals surface area contributed by atoms with Crippen LogP contribution in [0.5, 0.6) is 0 Å². The van der Waals surface area contributed by atoms with Crippen LogP contribution in [0.25, 0.3) is 0 Å². The fraction of sp³-hybridized carbons (Fsp3) is 1.00. The van der Waals surface area contributed by atoms with Crippen molar-refractivity contribution in [1.29, 1.82) is 0 Å². The molecular formula is C12H27N. The van der Waals surface area contributed by atoms with Gasteiger partial charge in [-0.15, -0.1) is 0 Å².